The number of rotatable bonds is 8. The Labute approximate surface area is 218 Å². The number of hydrogen-bond acceptors (Lipinski definition) is 4. The molecule has 0 saturated heterocycles. The highest BCUT2D eigenvalue weighted by atomic mass is 16.5. The summed E-state index contributed by atoms with van der Waals surface area (Å²) in [5.41, 5.74) is 5.34. The molecule has 1 fully saturated rings. The van der Waals surface area contributed by atoms with Crippen LogP contribution in [0.15, 0.2) is 78.9 Å². The summed E-state index contributed by atoms with van der Waals surface area (Å²) in [7, 11) is 1.35. The van der Waals surface area contributed by atoms with Crippen LogP contribution in [0.5, 0.6) is 0 Å². The minimum absolute atomic E-state index is 0.0246. The molecular formula is C32H33NO4. The lowest BCUT2D eigenvalue weighted by Gasteiger charge is -2.30. The highest BCUT2D eigenvalue weighted by Crippen LogP contribution is 2.30. The van der Waals surface area contributed by atoms with Crippen LogP contribution in [0.25, 0.3) is 17.2 Å². The first-order chi connectivity index (χ1) is 17.9. The molecule has 5 heteroatoms. The molecule has 37 heavy (non-hydrogen) atoms. The van der Waals surface area contributed by atoms with E-state index in [-0.39, 0.29) is 17.6 Å². The van der Waals surface area contributed by atoms with E-state index in [4.69, 9.17) is 4.74 Å². The summed E-state index contributed by atoms with van der Waals surface area (Å²) in [4.78, 5) is 38.9. The van der Waals surface area contributed by atoms with Gasteiger partial charge in [0.15, 0.2) is 5.78 Å². The van der Waals surface area contributed by atoms with Crippen LogP contribution in [0.1, 0.15) is 60.5 Å². The van der Waals surface area contributed by atoms with Crippen molar-refractivity contribution in [2.24, 2.45) is 5.92 Å². The Balaban J connectivity index is 1.61. The van der Waals surface area contributed by atoms with Gasteiger partial charge in [-0.2, -0.15) is 0 Å². The van der Waals surface area contributed by atoms with Crippen molar-refractivity contribution in [3.05, 3.63) is 95.6 Å². The number of anilines is 1. The third kappa shape index (κ3) is 6.82. The van der Waals surface area contributed by atoms with Crippen LogP contribution in [0, 0.1) is 5.92 Å². The van der Waals surface area contributed by atoms with Crippen molar-refractivity contribution in [1.29, 1.82) is 0 Å². The van der Waals surface area contributed by atoms with Gasteiger partial charge in [-0.25, -0.2) is 4.79 Å². The number of Topliss-reactive ketones (excluding diaryl/α,β-unsaturated/α-hetero) is 1. The molecule has 1 aliphatic carbocycles. The Bertz CT molecular complexity index is 1290. The minimum atomic E-state index is -0.422. The number of nitrogens with zero attached hydrogens (tertiary/aromatic N) is 1. The molecule has 1 aliphatic rings. The first-order valence-corrected chi connectivity index (χ1v) is 12.8. The molecule has 0 atom stereocenters. The average molecular weight is 496 g/mol. The van der Waals surface area contributed by atoms with Gasteiger partial charge in [-0.3, -0.25) is 9.59 Å². The predicted molar refractivity (Wildman–Crippen MR) is 147 cm³/mol. The molecule has 0 unspecified atom stereocenters. The van der Waals surface area contributed by atoms with Gasteiger partial charge in [-0.1, -0.05) is 73.9 Å². The second kappa shape index (κ2) is 12.3. The standard InChI is InChI=1S/C32H33NO4/c1-23(34)28-11-7-12-29(21-28)26-17-14-25(15-18-26)22-33(32(36)27-9-4-3-5-10-27)30-13-6-8-24(20-30)16-19-31(35)37-2/h6-8,11-21,27H,3-5,9-10,22H2,1-2H3/b19-16+. The summed E-state index contributed by atoms with van der Waals surface area (Å²) in [6.45, 7) is 2.02. The Hall–Kier alpha value is -3.99. The number of methoxy groups -OCH3 is 1. The maximum absolute atomic E-state index is 13.7. The van der Waals surface area contributed by atoms with Gasteiger partial charge >= 0.3 is 5.97 Å². The quantitative estimate of drug-likeness (QED) is 0.195. The summed E-state index contributed by atoms with van der Waals surface area (Å²) in [5, 5.41) is 0. The number of ketones is 1. The molecule has 3 aromatic rings. The van der Waals surface area contributed by atoms with Crippen molar-refractivity contribution in [3.8, 4) is 11.1 Å². The smallest absolute Gasteiger partial charge is 0.330 e. The summed E-state index contributed by atoms with van der Waals surface area (Å²) < 4.78 is 4.70. The highest BCUT2D eigenvalue weighted by Gasteiger charge is 2.27. The molecule has 1 saturated carbocycles. The fourth-order valence-corrected chi connectivity index (χ4v) is 4.80. The lowest BCUT2D eigenvalue weighted by atomic mass is 9.88. The Morgan fingerprint density at radius 3 is 2.32 bits per heavy atom. The number of amides is 1. The molecule has 0 bridgehead atoms. The Morgan fingerprint density at radius 2 is 1.62 bits per heavy atom. The number of ether oxygens (including phenoxy) is 1. The summed E-state index contributed by atoms with van der Waals surface area (Å²) >= 11 is 0. The van der Waals surface area contributed by atoms with Gasteiger partial charge in [0.2, 0.25) is 5.91 Å². The fraction of sp³-hybridized carbons (Fsp3) is 0.281. The van der Waals surface area contributed by atoms with Gasteiger partial charge in [0, 0.05) is 23.2 Å². The van der Waals surface area contributed by atoms with E-state index in [1.54, 1.807) is 13.0 Å². The van der Waals surface area contributed by atoms with Gasteiger partial charge in [-0.15, -0.1) is 0 Å². The molecule has 190 valence electrons. The summed E-state index contributed by atoms with van der Waals surface area (Å²) in [5.74, 6) is -0.211. The third-order valence-electron chi connectivity index (χ3n) is 6.91. The zero-order valence-electron chi connectivity index (χ0n) is 21.5. The molecule has 4 rings (SSSR count). The normalized spacial score (nSPS) is 13.9. The van der Waals surface area contributed by atoms with Gasteiger partial charge < -0.3 is 9.64 Å². The summed E-state index contributed by atoms with van der Waals surface area (Å²) in [6, 6.07) is 23.4. The zero-order valence-corrected chi connectivity index (χ0v) is 21.5. The van der Waals surface area contributed by atoms with E-state index in [1.807, 2.05) is 77.7 Å². The Kier molecular flexibility index (Phi) is 8.68. The molecule has 3 aromatic carbocycles. The van der Waals surface area contributed by atoms with Gasteiger partial charge in [0.1, 0.15) is 0 Å². The van der Waals surface area contributed by atoms with Crippen LogP contribution in [0.2, 0.25) is 0 Å². The molecule has 0 N–H and O–H groups in total. The van der Waals surface area contributed by atoms with Gasteiger partial charge in [0.25, 0.3) is 0 Å². The number of hydrogen-bond donors (Lipinski definition) is 0. The summed E-state index contributed by atoms with van der Waals surface area (Å²) in [6.07, 6.45) is 8.27. The van der Waals surface area contributed by atoms with Crippen molar-refractivity contribution >= 4 is 29.4 Å². The van der Waals surface area contributed by atoms with Crippen LogP contribution in [-0.4, -0.2) is 24.8 Å². The number of benzene rings is 3. The molecule has 5 nitrogen and oxygen atoms in total. The zero-order chi connectivity index (χ0) is 26.2. The maximum atomic E-state index is 13.7. The van der Waals surface area contributed by atoms with Crippen LogP contribution in [-0.2, 0) is 20.9 Å². The van der Waals surface area contributed by atoms with Crippen molar-refractivity contribution < 1.29 is 19.1 Å². The van der Waals surface area contributed by atoms with E-state index in [2.05, 4.69) is 0 Å². The first-order valence-electron chi connectivity index (χ1n) is 12.8. The van der Waals surface area contributed by atoms with Crippen molar-refractivity contribution in [3.63, 3.8) is 0 Å². The van der Waals surface area contributed by atoms with Crippen molar-refractivity contribution in [2.75, 3.05) is 12.0 Å². The number of esters is 1. The van der Waals surface area contributed by atoms with E-state index in [9.17, 15) is 14.4 Å². The molecule has 0 spiro atoms. The second-order valence-electron chi connectivity index (χ2n) is 9.54. The molecule has 0 aromatic heterocycles. The van der Waals surface area contributed by atoms with Crippen LogP contribution in [0.4, 0.5) is 5.69 Å². The fourth-order valence-electron chi connectivity index (χ4n) is 4.80. The molecule has 0 radical (unpaired) electrons. The first kappa shape index (κ1) is 26.1. The molecular weight excluding hydrogens is 462 g/mol. The van der Waals surface area contributed by atoms with E-state index in [0.717, 1.165) is 53.6 Å². The third-order valence-corrected chi connectivity index (χ3v) is 6.91. The molecule has 1 amide bonds. The van der Waals surface area contributed by atoms with Crippen LogP contribution in [0.3, 0.4) is 0 Å². The largest absolute Gasteiger partial charge is 0.466 e. The monoisotopic (exact) mass is 495 g/mol. The van der Waals surface area contributed by atoms with Crippen molar-refractivity contribution in [1.82, 2.24) is 0 Å². The van der Waals surface area contributed by atoms with Crippen molar-refractivity contribution in [2.45, 2.75) is 45.6 Å². The highest BCUT2D eigenvalue weighted by molar-refractivity contribution is 5.96. The number of carbonyl (C=O) groups excluding carboxylic acids is 3. The van der Waals surface area contributed by atoms with E-state index in [0.29, 0.717) is 12.1 Å². The Morgan fingerprint density at radius 1 is 0.892 bits per heavy atom. The lowest BCUT2D eigenvalue weighted by Crippen LogP contribution is -2.36. The average Bonchev–Trinajstić information content (AvgIpc) is 2.95. The topological polar surface area (TPSA) is 63.7 Å². The minimum Gasteiger partial charge on any atom is -0.466 e. The SMILES string of the molecule is COC(=O)/C=C/c1cccc(N(Cc2ccc(-c3cccc(C(C)=O)c3)cc2)C(=O)C2CCCCC2)c1. The van der Waals surface area contributed by atoms with Gasteiger partial charge in [0.05, 0.1) is 13.7 Å². The molecule has 0 heterocycles. The predicted octanol–water partition coefficient (Wildman–Crippen LogP) is 6.86. The van der Waals surface area contributed by atoms with E-state index >= 15 is 0 Å². The maximum Gasteiger partial charge on any atom is 0.330 e. The van der Waals surface area contributed by atoms with Gasteiger partial charge in [-0.05, 0) is 66.3 Å². The van der Waals surface area contributed by atoms with E-state index in [1.165, 1.54) is 19.6 Å². The van der Waals surface area contributed by atoms with Crippen LogP contribution < -0.4 is 4.90 Å². The lowest BCUT2D eigenvalue weighted by molar-refractivity contribution is -0.134. The van der Waals surface area contributed by atoms with E-state index < -0.39 is 5.97 Å². The second-order valence-corrected chi connectivity index (χ2v) is 9.54. The molecule has 0 aliphatic heterocycles. The van der Waals surface area contributed by atoms with Crippen LogP contribution >= 0.6 is 0 Å². The number of carbonyl (C=O) groups is 3.